The summed E-state index contributed by atoms with van der Waals surface area (Å²) in [6.07, 6.45) is 9.33. The lowest BCUT2D eigenvalue weighted by Gasteiger charge is -2.09. The normalized spacial score (nSPS) is 16.9. The first kappa shape index (κ1) is 9.00. The Hall–Kier alpha value is -1.57. The van der Waals surface area contributed by atoms with Crippen LogP contribution in [0.1, 0.15) is 6.42 Å². The van der Waals surface area contributed by atoms with E-state index in [1.54, 1.807) is 0 Å². The molecule has 0 aromatic carbocycles. The molecule has 0 bridgehead atoms. The molecule has 72 valence electrons. The minimum atomic E-state index is 0.997. The molecule has 0 N–H and O–H groups in total. The molecule has 14 heavy (non-hydrogen) atoms. The SMILES string of the molecule is CN(C)/C=C1\C=c2ncccc2=CC1. The molecular weight excluding hydrogens is 172 g/mol. The fourth-order valence-corrected chi connectivity index (χ4v) is 1.61. The highest BCUT2D eigenvalue weighted by Gasteiger charge is 1.98. The Morgan fingerprint density at radius 3 is 3.07 bits per heavy atom. The summed E-state index contributed by atoms with van der Waals surface area (Å²) in [5.74, 6) is 0. The second kappa shape index (κ2) is 3.66. The van der Waals surface area contributed by atoms with Gasteiger partial charge in [-0.2, -0.15) is 0 Å². The Kier molecular flexibility index (Phi) is 2.35. The van der Waals surface area contributed by atoms with Gasteiger partial charge < -0.3 is 4.90 Å². The van der Waals surface area contributed by atoms with E-state index in [9.17, 15) is 0 Å². The summed E-state index contributed by atoms with van der Waals surface area (Å²) in [5.41, 5.74) is 1.31. The van der Waals surface area contributed by atoms with Crippen LogP contribution in [0, 0.1) is 0 Å². The topological polar surface area (TPSA) is 16.1 Å². The number of allylic oxidation sites excluding steroid dienone is 1. The van der Waals surface area contributed by atoms with Crippen molar-refractivity contribution in [2.75, 3.05) is 14.1 Å². The van der Waals surface area contributed by atoms with Gasteiger partial charge in [-0.25, -0.2) is 0 Å². The highest BCUT2D eigenvalue weighted by molar-refractivity contribution is 5.54. The fraction of sp³-hybridized carbons (Fsp3) is 0.250. The molecule has 1 aromatic heterocycles. The summed E-state index contributed by atoms with van der Waals surface area (Å²) >= 11 is 0. The smallest absolute Gasteiger partial charge is 0.0702 e. The summed E-state index contributed by atoms with van der Waals surface area (Å²) in [5, 5.41) is 2.32. The van der Waals surface area contributed by atoms with Gasteiger partial charge in [0.05, 0.1) is 5.35 Å². The van der Waals surface area contributed by atoms with Crippen LogP contribution < -0.4 is 10.6 Å². The van der Waals surface area contributed by atoms with Crippen LogP contribution >= 0.6 is 0 Å². The molecule has 0 aliphatic heterocycles. The average molecular weight is 186 g/mol. The highest BCUT2D eigenvalue weighted by Crippen LogP contribution is 2.06. The third-order valence-electron chi connectivity index (χ3n) is 2.18. The third kappa shape index (κ3) is 1.84. The summed E-state index contributed by atoms with van der Waals surface area (Å²) in [6, 6.07) is 4.08. The van der Waals surface area contributed by atoms with Crippen molar-refractivity contribution >= 4 is 12.2 Å². The monoisotopic (exact) mass is 186 g/mol. The number of aromatic nitrogens is 1. The van der Waals surface area contributed by atoms with Crippen LogP contribution in [0.25, 0.3) is 12.2 Å². The summed E-state index contributed by atoms with van der Waals surface area (Å²) in [6.45, 7) is 0. The fourth-order valence-electron chi connectivity index (χ4n) is 1.61. The second-order valence-electron chi connectivity index (χ2n) is 3.70. The van der Waals surface area contributed by atoms with E-state index in [0.717, 1.165) is 11.8 Å². The molecular formula is C12H14N2. The molecule has 2 heteroatoms. The number of pyridine rings is 1. The van der Waals surface area contributed by atoms with E-state index in [0.29, 0.717) is 0 Å². The van der Waals surface area contributed by atoms with Gasteiger partial charge in [-0.05, 0) is 29.4 Å². The van der Waals surface area contributed by atoms with E-state index in [2.05, 4.69) is 34.3 Å². The summed E-state index contributed by atoms with van der Waals surface area (Å²) in [7, 11) is 4.07. The minimum absolute atomic E-state index is 0.997. The van der Waals surface area contributed by atoms with E-state index in [-0.39, 0.29) is 0 Å². The second-order valence-corrected chi connectivity index (χ2v) is 3.70. The lowest BCUT2D eigenvalue weighted by Crippen LogP contribution is -2.29. The zero-order valence-corrected chi connectivity index (χ0v) is 8.57. The zero-order chi connectivity index (χ0) is 9.97. The standard InChI is InChI=1S/C12H14N2/c1-14(2)9-10-5-6-11-4-3-7-13-12(11)8-10/h3-4,6-9H,5H2,1-2H3/b10-9-. The van der Waals surface area contributed by atoms with E-state index < -0.39 is 0 Å². The largest absolute Gasteiger partial charge is 0.383 e. The number of nitrogens with zero attached hydrogens (tertiary/aromatic N) is 2. The molecule has 0 radical (unpaired) electrons. The molecule has 1 aliphatic carbocycles. The Morgan fingerprint density at radius 1 is 1.43 bits per heavy atom. The Bertz CT molecular complexity index is 469. The van der Waals surface area contributed by atoms with Crippen molar-refractivity contribution in [3.05, 3.63) is 40.7 Å². The van der Waals surface area contributed by atoms with Crippen LogP contribution in [-0.4, -0.2) is 24.0 Å². The Labute approximate surface area is 83.9 Å². The van der Waals surface area contributed by atoms with Crippen LogP contribution in [0.4, 0.5) is 0 Å². The van der Waals surface area contributed by atoms with Crippen molar-refractivity contribution in [3.63, 3.8) is 0 Å². The highest BCUT2D eigenvalue weighted by atomic mass is 15.0. The van der Waals surface area contributed by atoms with E-state index in [4.69, 9.17) is 0 Å². The van der Waals surface area contributed by atoms with Crippen LogP contribution in [-0.2, 0) is 0 Å². The molecule has 0 amide bonds. The lowest BCUT2D eigenvalue weighted by molar-refractivity contribution is 0.559. The van der Waals surface area contributed by atoms with Crippen molar-refractivity contribution in [2.45, 2.75) is 6.42 Å². The zero-order valence-electron chi connectivity index (χ0n) is 8.57. The molecule has 0 fully saturated rings. The molecule has 2 nitrogen and oxygen atoms in total. The summed E-state index contributed by atoms with van der Waals surface area (Å²) in [4.78, 5) is 6.39. The number of rotatable bonds is 1. The van der Waals surface area contributed by atoms with Crippen molar-refractivity contribution in [3.8, 4) is 0 Å². The molecule has 0 atom stereocenters. The number of hydrogen-bond acceptors (Lipinski definition) is 2. The summed E-state index contributed by atoms with van der Waals surface area (Å²) < 4.78 is 0. The average Bonchev–Trinajstić information content (AvgIpc) is 2.17. The van der Waals surface area contributed by atoms with Crippen molar-refractivity contribution in [2.24, 2.45) is 0 Å². The van der Waals surface area contributed by atoms with Gasteiger partial charge in [-0.15, -0.1) is 0 Å². The van der Waals surface area contributed by atoms with E-state index in [1.807, 2.05) is 26.4 Å². The van der Waals surface area contributed by atoms with Crippen LogP contribution in [0.2, 0.25) is 0 Å². The van der Waals surface area contributed by atoms with E-state index >= 15 is 0 Å². The molecule has 1 aromatic rings. The van der Waals surface area contributed by atoms with Gasteiger partial charge >= 0.3 is 0 Å². The molecule has 0 unspecified atom stereocenters. The predicted molar refractivity (Wildman–Crippen MR) is 58.8 cm³/mol. The molecule has 1 heterocycles. The minimum Gasteiger partial charge on any atom is -0.383 e. The molecule has 1 aliphatic rings. The van der Waals surface area contributed by atoms with Crippen LogP contribution in [0.5, 0.6) is 0 Å². The third-order valence-corrected chi connectivity index (χ3v) is 2.18. The first-order chi connectivity index (χ1) is 6.75. The maximum absolute atomic E-state index is 4.33. The molecule has 0 saturated heterocycles. The van der Waals surface area contributed by atoms with E-state index in [1.165, 1.54) is 10.8 Å². The first-order valence-corrected chi connectivity index (χ1v) is 4.76. The van der Waals surface area contributed by atoms with Crippen molar-refractivity contribution in [1.82, 2.24) is 9.88 Å². The van der Waals surface area contributed by atoms with Gasteiger partial charge in [0.25, 0.3) is 0 Å². The lowest BCUT2D eigenvalue weighted by atomic mass is 10.1. The van der Waals surface area contributed by atoms with Gasteiger partial charge in [0.1, 0.15) is 0 Å². The van der Waals surface area contributed by atoms with Gasteiger partial charge in [-0.3, -0.25) is 4.98 Å². The van der Waals surface area contributed by atoms with Gasteiger partial charge in [-0.1, -0.05) is 12.1 Å². The maximum atomic E-state index is 4.33. The van der Waals surface area contributed by atoms with Crippen LogP contribution in [0.15, 0.2) is 30.1 Å². The van der Waals surface area contributed by atoms with Gasteiger partial charge in [0.2, 0.25) is 0 Å². The molecule has 0 spiro atoms. The van der Waals surface area contributed by atoms with Crippen molar-refractivity contribution < 1.29 is 0 Å². The number of fused-ring (bicyclic) bond motifs is 1. The molecule has 0 saturated carbocycles. The predicted octanol–water partition coefficient (Wildman–Crippen LogP) is 0.492. The Balaban J connectivity index is 2.49. The Morgan fingerprint density at radius 2 is 2.29 bits per heavy atom. The van der Waals surface area contributed by atoms with Crippen LogP contribution in [0.3, 0.4) is 0 Å². The van der Waals surface area contributed by atoms with Crippen molar-refractivity contribution in [1.29, 1.82) is 0 Å². The quantitative estimate of drug-likeness (QED) is 0.634. The van der Waals surface area contributed by atoms with Gasteiger partial charge in [0.15, 0.2) is 0 Å². The molecule has 2 rings (SSSR count). The van der Waals surface area contributed by atoms with Gasteiger partial charge in [0, 0.05) is 26.5 Å². The maximum Gasteiger partial charge on any atom is 0.0702 e. The number of hydrogen-bond donors (Lipinski definition) is 0. The first-order valence-electron chi connectivity index (χ1n) is 4.76.